The van der Waals surface area contributed by atoms with Crippen molar-refractivity contribution in [3.63, 3.8) is 0 Å². The minimum Gasteiger partial charge on any atom is -0.462 e. The third-order valence-corrected chi connectivity index (χ3v) is 5.53. The zero-order chi connectivity index (χ0) is 22.3. The summed E-state index contributed by atoms with van der Waals surface area (Å²) in [6.45, 7) is 7.77. The van der Waals surface area contributed by atoms with Gasteiger partial charge in [-0.3, -0.25) is 4.72 Å². The molecule has 0 bridgehead atoms. The van der Waals surface area contributed by atoms with Crippen LogP contribution in [0, 0.1) is 5.92 Å². The summed E-state index contributed by atoms with van der Waals surface area (Å²) in [5, 5.41) is 0. The number of anilines is 1. The maximum Gasteiger partial charge on any atom is 0.340 e. The van der Waals surface area contributed by atoms with E-state index in [4.69, 9.17) is 9.47 Å². The number of rotatable bonds is 9. The van der Waals surface area contributed by atoms with Crippen LogP contribution in [-0.4, -0.2) is 33.6 Å². The predicted molar refractivity (Wildman–Crippen MR) is 114 cm³/mol. The number of benzene rings is 2. The van der Waals surface area contributed by atoms with Crippen molar-refractivity contribution < 1.29 is 27.5 Å². The topological polar surface area (TPSA) is 98.8 Å². The van der Waals surface area contributed by atoms with Crippen LogP contribution >= 0.6 is 0 Å². The number of esters is 2. The molecule has 1 N–H and O–H groups in total. The molecule has 0 fully saturated rings. The van der Waals surface area contributed by atoms with E-state index in [1.165, 1.54) is 30.3 Å². The number of carbonyl (C=O) groups excluding carboxylic acids is 2. The first kappa shape index (κ1) is 23.4. The Morgan fingerprint density at radius 1 is 0.933 bits per heavy atom. The van der Waals surface area contributed by atoms with Crippen molar-refractivity contribution in [3.8, 4) is 0 Å². The summed E-state index contributed by atoms with van der Waals surface area (Å²) in [7, 11) is -3.99. The van der Waals surface area contributed by atoms with Gasteiger partial charge in [0.05, 0.1) is 34.9 Å². The third kappa shape index (κ3) is 6.06. The van der Waals surface area contributed by atoms with Crippen LogP contribution in [0.15, 0.2) is 47.4 Å². The van der Waals surface area contributed by atoms with Crippen LogP contribution in [0.5, 0.6) is 0 Å². The fourth-order valence-electron chi connectivity index (χ4n) is 2.84. The number of carbonyl (C=O) groups is 2. The fourth-order valence-corrected chi connectivity index (χ4v) is 3.91. The number of nitrogens with one attached hydrogen (secondary N) is 1. The molecule has 0 saturated carbocycles. The second kappa shape index (κ2) is 10.2. The number of hydrogen-bond acceptors (Lipinski definition) is 6. The van der Waals surface area contributed by atoms with Crippen molar-refractivity contribution in [3.05, 3.63) is 59.2 Å². The highest BCUT2D eigenvalue weighted by atomic mass is 32.2. The minimum absolute atomic E-state index is 0.00454. The van der Waals surface area contributed by atoms with Crippen LogP contribution in [0.2, 0.25) is 0 Å². The molecule has 2 aromatic carbocycles. The molecule has 30 heavy (non-hydrogen) atoms. The van der Waals surface area contributed by atoms with Gasteiger partial charge in [0, 0.05) is 0 Å². The molecule has 0 atom stereocenters. The van der Waals surface area contributed by atoms with Gasteiger partial charge in [-0.05, 0) is 62.1 Å². The lowest BCUT2D eigenvalue weighted by Crippen LogP contribution is -2.17. The summed E-state index contributed by atoms with van der Waals surface area (Å²) >= 11 is 0. The van der Waals surface area contributed by atoms with Gasteiger partial charge in [0.25, 0.3) is 10.0 Å². The van der Waals surface area contributed by atoms with Crippen molar-refractivity contribution in [2.45, 2.75) is 39.0 Å². The lowest BCUT2D eigenvalue weighted by molar-refractivity contribution is 0.0512. The third-order valence-electron chi connectivity index (χ3n) is 4.15. The van der Waals surface area contributed by atoms with E-state index >= 15 is 0 Å². The molecule has 0 spiro atoms. The van der Waals surface area contributed by atoms with E-state index in [9.17, 15) is 18.0 Å². The van der Waals surface area contributed by atoms with Crippen molar-refractivity contribution in [2.75, 3.05) is 17.9 Å². The van der Waals surface area contributed by atoms with Crippen LogP contribution in [0.4, 0.5) is 5.69 Å². The predicted octanol–water partition coefficient (Wildman–Crippen LogP) is 4.04. The van der Waals surface area contributed by atoms with Gasteiger partial charge in [-0.2, -0.15) is 0 Å². The molecule has 0 unspecified atom stereocenters. The van der Waals surface area contributed by atoms with Crippen molar-refractivity contribution in [1.29, 1.82) is 0 Å². The maximum atomic E-state index is 12.9. The van der Waals surface area contributed by atoms with Gasteiger partial charge in [0.1, 0.15) is 0 Å². The Morgan fingerprint density at radius 3 is 2.10 bits per heavy atom. The molecular weight excluding hydrogens is 406 g/mol. The van der Waals surface area contributed by atoms with Crippen LogP contribution in [0.25, 0.3) is 0 Å². The normalized spacial score (nSPS) is 11.2. The first-order valence-corrected chi connectivity index (χ1v) is 11.3. The van der Waals surface area contributed by atoms with E-state index in [0.717, 1.165) is 12.0 Å². The molecule has 0 aliphatic heterocycles. The number of ether oxygens (including phenoxy) is 2. The number of sulfonamides is 1. The second-order valence-electron chi connectivity index (χ2n) is 7.05. The van der Waals surface area contributed by atoms with E-state index in [1.807, 2.05) is 0 Å². The Morgan fingerprint density at radius 2 is 1.53 bits per heavy atom. The first-order valence-electron chi connectivity index (χ1n) is 9.78. The molecule has 0 aliphatic rings. The summed E-state index contributed by atoms with van der Waals surface area (Å²) in [4.78, 5) is 24.4. The fraction of sp³-hybridized carbons (Fsp3) is 0.364. The largest absolute Gasteiger partial charge is 0.462 e. The van der Waals surface area contributed by atoms with E-state index in [-0.39, 0.29) is 34.9 Å². The molecular formula is C22H27NO6S. The van der Waals surface area contributed by atoms with Gasteiger partial charge < -0.3 is 9.47 Å². The summed E-state index contributed by atoms with van der Waals surface area (Å²) in [5.41, 5.74) is 1.10. The van der Waals surface area contributed by atoms with Crippen LogP contribution in [-0.2, 0) is 25.9 Å². The highest BCUT2D eigenvalue weighted by Crippen LogP contribution is 2.24. The standard InChI is InChI=1S/C22H27NO6S/c1-5-28-21(24)17-9-12-19(22(25)29-6-2)20(14-17)23-30(26,27)18-10-7-16(8-11-18)13-15(3)4/h7-12,14-15,23H,5-6,13H2,1-4H3. The monoisotopic (exact) mass is 433 g/mol. The molecule has 2 rings (SSSR count). The van der Waals surface area contributed by atoms with Crippen LogP contribution in [0.1, 0.15) is 54.0 Å². The van der Waals surface area contributed by atoms with E-state index in [1.54, 1.807) is 26.0 Å². The Kier molecular flexibility index (Phi) is 8.00. The Bertz CT molecular complexity index is 997. The molecule has 0 aliphatic carbocycles. The summed E-state index contributed by atoms with van der Waals surface area (Å²) < 4.78 is 38.2. The Hall–Kier alpha value is -2.87. The van der Waals surface area contributed by atoms with Crippen molar-refractivity contribution in [2.24, 2.45) is 5.92 Å². The van der Waals surface area contributed by atoms with Gasteiger partial charge >= 0.3 is 11.9 Å². The zero-order valence-corrected chi connectivity index (χ0v) is 18.4. The molecule has 0 radical (unpaired) electrons. The van der Waals surface area contributed by atoms with Gasteiger partial charge in [-0.15, -0.1) is 0 Å². The highest BCUT2D eigenvalue weighted by molar-refractivity contribution is 7.92. The molecule has 162 valence electrons. The van der Waals surface area contributed by atoms with Crippen molar-refractivity contribution >= 4 is 27.6 Å². The molecule has 2 aromatic rings. The highest BCUT2D eigenvalue weighted by Gasteiger charge is 2.21. The second-order valence-corrected chi connectivity index (χ2v) is 8.73. The van der Waals surface area contributed by atoms with Gasteiger partial charge in [0.15, 0.2) is 0 Å². The van der Waals surface area contributed by atoms with Crippen molar-refractivity contribution in [1.82, 2.24) is 0 Å². The first-order chi connectivity index (χ1) is 14.2. The molecule has 0 heterocycles. The average molecular weight is 434 g/mol. The maximum absolute atomic E-state index is 12.9. The molecule has 0 saturated heterocycles. The van der Waals surface area contributed by atoms with E-state index in [0.29, 0.717) is 5.92 Å². The zero-order valence-electron chi connectivity index (χ0n) is 17.6. The molecule has 0 amide bonds. The molecule has 7 nitrogen and oxygen atoms in total. The molecule has 8 heteroatoms. The van der Waals surface area contributed by atoms with Gasteiger partial charge in [-0.1, -0.05) is 26.0 Å². The minimum atomic E-state index is -3.99. The molecule has 0 aromatic heterocycles. The Labute approximate surface area is 177 Å². The number of hydrogen-bond donors (Lipinski definition) is 1. The van der Waals surface area contributed by atoms with Gasteiger partial charge in [0.2, 0.25) is 0 Å². The van der Waals surface area contributed by atoms with E-state index < -0.39 is 22.0 Å². The lowest BCUT2D eigenvalue weighted by Gasteiger charge is -2.14. The summed E-state index contributed by atoms with van der Waals surface area (Å²) in [6, 6.07) is 10.6. The quantitative estimate of drug-likeness (QED) is 0.599. The average Bonchev–Trinajstić information content (AvgIpc) is 2.68. The summed E-state index contributed by atoms with van der Waals surface area (Å²) in [6.07, 6.45) is 0.836. The van der Waals surface area contributed by atoms with E-state index in [2.05, 4.69) is 18.6 Å². The lowest BCUT2D eigenvalue weighted by atomic mass is 10.0. The van der Waals surface area contributed by atoms with Crippen LogP contribution in [0.3, 0.4) is 0 Å². The smallest absolute Gasteiger partial charge is 0.340 e. The van der Waals surface area contributed by atoms with Gasteiger partial charge in [-0.25, -0.2) is 18.0 Å². The Balaban J connectivity index is 2.40. The SMILES string of the molecule is CCOC(=O)c1ccc(C(=O)OCC)c(NS(=O)(=O)c2ccc(CC(C)C)cc2)c1. The van der Waals surface area contributed by atoms with Crippen LogP contribution < -0.4 is 4.72 Å². The summed E-state index contributed by atoms with van der Waals surface area (Å²) in [5.74, 6) is -0.868.